The van der Waals surface area contributed by atoms with Crippen molar-refractivity contribution in [1.29, 1.82) is 0 Å². The van der Waals surface area contributed by atoms with Crippen LogP contribution in [0.15, 0.2) is 30.5 Å². The Morgan fingerprint density at radius 1 is 1.50 bits per heavy atom. The number of hydrogen-bond acceptors (Lipinski definition) is 5. The van der Waals surface area contributed by atoms with E-state index in [-0.39, 0.29) is 4.75 Å². The Kier molecular flexibility index (Phi) is 6.35. The number of carbonyl (C=O) groups excluding carboxylic acids is 1. The molecule has 0 aliphatic carbocycles. The van der Waals surface area contributed by atoms with Gasteiger partial charge in [-0.3, -0.25) is 4.84 Å². The van der Waals surface area contributed by atoms with Crippen molar-refractivity contribution < 1.29 is 9.63 Å². The quantitative estimate of drug-likeness (QED) is 0.479. The maximum absolute atomic E-state index is 11.1. The first kappa shape index (κ1) is 15.2. The van der Waals surface area contributed by atoms with Gasteiger partial charge in [-0.05, 0) is 12.8 Å². The Hall–Kier alpha value is -0.880. The predicted octanol–water partition coefficient (Wildman–Crippen LogP) is 3.03. The van der Waals surface area contributed by atoms with E-state index >= 15 is 0 Å². The molecule has 1 heterocycles. The highest BCUT2D eigenvalue weighted by molar-refractivity contribution is 8.19. The SMILES string of the molecule is C=CCC1(CC=C)SCCSC1=NOC(=O)NC. The second-order valence-electron chi connectivity index (χ2n) is 3.70. The van der Waals surface area contributed by atoms with Gasteiger partial charge in [0.25, 0.3) is 0 Å². The molecule has 6 heteroatoms. The molecule has 1 aliphatic heterocycles. The lowest BCUT2D eigenvalue weighted by Gasteiger charge is -2.35. The zero-order valence-electron chi connectivity index (χ0n) is 10.5. The third-order valence-corrected chi connectivity index (χ3v) is 5.48. The van der Waals surface area contributed by atoms with Gasteiger partial charge in [-0.25, -0.2) is 4.79 Å². The van der Waals surface area contributed by atoms with Crippen LogP contribution in [-0.2, 0) is 4.84 Å². The Morgan fingerprint density at radius 2 is 2.17 bits per heavy atom. The molecule has 1 N–H and O–H groups in total. The van der Waals surface area contributed by atoms with Gasteiger partial charge in [0.2, 0.25) is 0 Å². The number of rotatable bonds is 5. The molecule has 0 bridgehead atoms. The molecule has 1 amide bonds. The zero-order valence-corrected chi connectivity index (χ0v) is 12.1. The number of carbonyl (C=O) groups is 1. The van der Waals surface area contributed by atoms with Crippen LogP contribution in [0.5, 0.6) is 0 Å². The molecule has 0 saturated carbocycles. The number of amides is 1. The van der Waals surface area contributed by atoms with E-state index < -0.39 is 6.09 Å². The molecule has 0 spiro atoms. The van der Waals surface area contributed by atoms with Crippen molar-refractivity contribution in [3.05, 3.63) is 25.3 Å². The number of hydrogen-bond donors (Lipinski definition) is 1. The third-order valence-electron chi connectivity index (χ3n) is 2.45. The van der Waals surface area contributed by atoms with Gasteiger partial charge in [0.1, 0.15) is 5.04 Å². The summed E-state index contributed by atoms with van der Waals surface area (Å²) >= 11 is 3.45. The lowest BCUT2D eigenvalue weighted by molar-refractivity contribution is 0.153. The first-order chi connectivity index (χ1) is 8.68. The van der Waals surface area contributed by atoms with E-state index in [0.29, 0.717) is 0 Å². The number of nitrogens with one attached hydrogen (secondary N) is 1. The monoisotopic (exact) mass is 286 g/mol. The molecule has 18 heavy (non-hydrogen) atoms. The molecular formula is C12H18N2O2S2. The number of allylic oxidation sites excluding steroid dienone is 2. The summed E-state index contributed by atoms with van der Waals surface area (Å²) in [5, 5.41) is 7.20. The average molecular weight is 286 g/mol. The largest absolute Gasteiger partial charge is 0.433 e. The van der Waals surface area contributed by atoms with Crippen molar-refractivity contribution in [2.75, 3.05) is 18.6 Å². The molecule has 0 atom stereocenters. The van der Waals surface area contributed by atoms with Gasteiger partial charge in [-0.15, -0.1) is 36.7 Å². The molecule has 4 nitrogen and oxygen atoms in total. The highest BCUT2D eigenvalue weighted by Crippen LogP contribution is 2.43. The maximum atomic E-state index is 11.1. The minimum Gasteiger partial charge on any atom is -0.323 e. The van der Waals surface area contributed by atoms with Crippen molar-refractivity contribution in [2.45, 2.75) is 17.6 Å². The van der Waals surface area contributed by atoms with Crippen molar-refractivity contribution in [3.63, 3.8) is 0 Å². The van der Waals surface area contributed by atoms with Crippen LogP contribution < -0.4 is 5.32 Å². The van der Waals surface area contributed by atoms with Crippen molar-refractivity contribution in [3.8, 4) is 0 Å². The average Bonchev–Trinajstić information content (AvgIpc) is 2.38. The number of oxime groups is 1. The fraction of sp³-hybridized carbons (Fsp3) is 0.500. The summed E-state index contributed by atoms with van der Waals surface area (Å²) in [5.41, 5.74) is 0. The fourth-order valence-corrected chi connectivity index (χ4v) is 4.40. The lowest BCUT2D eigenvalue weighted by atomic mass is 10.0. The van der Waals surface area contributed by atoms with Crippen LogP contribution >= 0.6 is 23.5 Å². The van der Waals surface area contributed by atoms with E-state index in [1.807, 2.05) is 23.9 Å². The molecule has 1 rings (SSSR count). The molecule has 1 saturated heterocycles. The number of nitrogens with zero attached hydrogens (tertiary/aromatic N) is 1. The van der Waals surface area contributed by atoms with Crippen LogP contribution in [0.3, 0.4) is 0 Å². The van der Waals surface area contributed by atoms with Crippen LogP contribution in [0.2, 0.25) is 0 Å². The summed E-state index contributed by atoms with van der Waals surface area (Å²) in [4.78, 5) is 15.9. The summed E-state index contributed by atoms with van der Waals surface area (Å²) in [6, 6.07) is 0. The first-order valence-electron chi connectivity index (χ1n) is 5.64. The second-order valence-corrected chi connectivity index (χ2v) is 6.26. The molecule has 0 aromatic rings. The van der Waals surface area contributed by atoms with E-state index in [9.17, 15) is 4.79 Å². The zero-order chi connectivity index (χ0) is 13.4. The van der Waals surface area contributed by atoms with E-state index in [2.05, 4.69) is 23.6 Å². The third kappa shape index (κ3) is 3.81. The van der Waals surface area contributed by atoms with Crippen molar-refractivity contribution in [2.24, 2.45) is 5.16 Å². The highest BCUT2D eigenvalue weighted by atomic mass is 32.2. The van der Waals surface area contributed by atoms with E-state index in [1.165, 1.54) is 7.05 Å². The van der Waals surface area contributed by atoms with E-state index in [0.717, 1.165) is 29.4 Å². The Bertz CT molecular complexity index is 346. The maximum Gasteiger partial charge on any atom is 0.433 e. The summed E-state index contributed by atoms with van der Waals surface area (Å²) in [6.45, 7) is 7.59. The standard InChI is InChI=1S/C12H18N2O2S2/c1-4-6-12(7-5-2)10(17-8-9-18-12)14-16-11(15)13-3/h4-5H,1-2,6-9H2,3H3,(H,13,15). The number of thioether (sulfide) groups is 2. The lowest BCUT2D eigenvalue weighted by Crippen LogP contribution is -2.37. The summed E-state index contributed by atoms with van der Waals surface area (Å²) < 4.78 is -0.180. The first-order valence-corrected chi connectivity index (χ1v) is 7.61. The highest BCUT2D eigenvalue weighted by Gasteiger charge is 2.38. The van der Waals surface area contributed by atoms with Crippen LogP contribution in [0.1, 0.15) is 12.8 Å². The molecular weight excluding hydrogens is 268 g/mol. The van der Waals surface area contributed by atoms with Gasteiger partial charge >= 0.3 is 6.09 Å². The van der Waals surface area contributed by atoms with Crippen molar-refractivity contribution >= 4 is 34.7 Å². The fourth-order valence-electron chi connectivity index (χ4n) is 1.65. The van der Waals surface area contributed by atoms with Crippen LogP contribution in [-0.4, -0.2) is 34.4 Å². The molecule has 0 aromatic heterocycles. The predicted molar refractivity (Wildman–Crippen MR) is 80.3 cm³/mol. The summed E-state index contributed by atoms with van der Waals surface area (Å²) in [7, 11) is 1.51. The van der Waals surface area contributed by atoms with Gasteiger partial charge in [0, 0.05) is 18.6 Å². The van der Waals surface area contributed by atoms with E-state index in [1.54, 1.807) is 11.8 Å². The van der Waals surface area contributed by atoms with Gasteiger partial charge in [-0.2, -0.15) is 0 Å². The normalized spacial score (nSPS) is 20.2. The van der Waals surface area contributed by atoms with Gasteiger partial charge in [0.15, 0.2) is 0 Å². The summed E-state index contributed by atoms with van der Waals surface area (Å²) in [5.74, 6) is 2.02. The Labute approximate surface area is 116 Å². The van der Waals surface area contributed by atoms with Gasteiger partial charge < -0.3 is 5.32 Å². The molecule has 1 aliphatic rings. The van der Waals surface area contributed by atoms with Gasteiger partial charge in [0.05, 0.1) is 4.75 Å². The van der Waals surface area contributed by atoms with Gasteiger partial charge in [-0.1, -0.05) is 17.3 Å². The van der Waals surface area contributed by atoms with Crippen molar-refractivity contribution in [1.82, 2.24) is 5.32 Å². The summed E-state index contributed by atoms with van der Waals surface area (Å²) in [6.07, 6.45) is 4.76. The Balaban J connectivity index is 2.90. The topological polar surface area (TPSA) is 50.7 Å². The Morgan fingerprint density at radius 3 is 2.72 bits per heavy atom. The van der Waals surface area contributed by atoms with Crippen LogP contribution in [0.25, 0.3) is 0 Å². The van der Waals surface area contributed by atoms with Crippen LogP contribution in [0.4, 0.5) is 4.79 Å². The molecule has 100 valence electrons. The molecule has 0 radical (unpaired) electrons. The van der Waals surface area contributed by atoms with Crippen LogP contribution in [0, 0.1) is 0 Å². The molecule has 0 aromatic carbocycles. The molecule has 0 unspecified atom stereocenters. The van der Waals surface area contributed by atoms with E-state index in [4.69, 9.17) is 4.84 Å². The smallest absolute Gasteiger partial charge is 0.323 e. The second kappa shape index (κ2) is 7.53. The molecule has 1 fully saturated rings. The minimum atomic E-state index is -0.551. The minimum absolute atomic E-state index is 0.180.